The van der Waals surface area contributed by atoms with Gasteiger partial charge in [-0.05, 0) is 49.8 Å². The van der Waals surface area contributed by atoms with Crippen LogP contribution in [0.2, 0.25) is 0 Å². The van der Waals surface area contributed by atoms with E-state index in [1.165, 1.54) is 4.90 Å². The van der Waals surface area contributed by atoms with Gasteiger partial charge in [-0.1, -0.05) is 40.2 Å². The van der Waals surface area contributed by atoms with E-state index in [1.807, 2.05) is 42.8 Å². The smallest absolute Gasteiger partial charge is 0.238 e. The third kappa shape index (κ3) is 2.39. The van der Waals surface area contributed by atoms with Crippen LogP contribution in [-0.4, -0.2) is 21.6 Å². The minimum atomic E-state index is -0.180. The summed E-state index contributed by atoms with van der Waals surface area (Å²) in [4.78, 5) is 27.7. The van der Waals surface area contributed by atoms with Crippen LogP contribution >= 0.6 is 15.9 Å². The van der Waals surface area contributed by atoms with E-state index in [0.29, 0.717) is 12.2 Å². The molecule has 1 saturated carbocycles. The van der Waals surface area contributed by atoms with Crippen LogP contribution in [0.15, 0.2) is 40.9 Å². The molecule has 3 aliphatic rings. The summed E-state index contributed by atoms with van der Waals surface area (Å²) >= 11 is 3.45. The number of benzene rings is 1. The molecule has 6 heteroatoms. The summed E-state index contributed by atoms with van der Waals surface area (Å²) in [5.41, 5.74) is 3.38. The monoisotopic (exact) mass is 425 g/mol. The molecule has 0 radical (unpaired) electrons. The summed E-state index contributed by atoms with van der Waals surface area (Å²) in [7, 11) is 0. The van der Waals surface area contributed by atoms with Gasteiger partial charge in [-0.3, -0.25) is 14.3 Å². The largest absolute Gasteiger partial charge is 0.274 e. The maximum Gasteiger partial charge on any atom is 0.238 e. The average Bonchev–Trinajstić information content (AvgIpc) is 3.37. The van der Waals surface area contributed by atoms with Crippen LogP contribution in [0.5, 0.6) is 0 Å². The van der Waals surface area contributed by atoms with Crippen molar-refractivity contribution in [2.75, 3.05) is 4.90 Å². The van der Waals surface area contributed by atoms with Crippen molar-refractivity contribution in [1.82, 2.24) is 9.78 Å². The quantitative estimate of drug-likeness (QED) is 0.557. The Morgan fingerprint density at radius 3 is 2.22 bits per heavy atom. The van der Waals surface area contributed by atoms with Crippen molar-refractivity contribution in [3.05, 3.63) is 57.8 Å². The van der Waals surface area contributed by atoms with Gasteiger partial charge in [0.15, 0.2) is 0 Å². The summed E-state index contributed by atoms with van der Waals surface area (Å²) in [5.74, 6) is -0.00512. The Hall–Kier alpha value is -2.21. The van der Waals surface area contributed by atoms with Crippen molar-refractivity contribution in [2.45, 2.75) is 26.8 Å². The lowest BCUT2D eigenvalue weighted by molar-refractivity contribution is -0.123. The summed E-state index contributed by atoms with van der Waals surface area (Å²) in [5, 5.41) is 4.63. The fourth-order valence-corrected chi connectivity index (χ4v) is 5.31. The van der Waals surface area contributed by atoms with Gasteiger partial charge in [0.2, 0.25) is 11.8 Å². The molecule has 1 aliphatic heterocycles. The van der Waals surface area contributed by atoms with Crippen molar-refractivity contribution < 1.29 is 9.59 Å². The molecule has 138 valence electrons. The van der Waals surface area contributed by atoms with Crippen LogP contribution in [-0.2, 0) is 16.1 Å². The van der Waals surface area contributed by atoms with Gasteiger partial charge in [-0.15, -0.1) is 0 Å². The number of amides is 2. The van der Waals surface area contributed by atoms with Crippen molar-refractivity contribution in [2.24, 2.45) is 23.7 Å². The number of anilines is 1. The second kappa shape index (κ2) is 5.89. The number of carbonyl (C=O) groups is 2. The summed E-state index contributed by atoms with van der Waals surface area (Å²) in [6.07, 6.45) is 5.19. The van der Waals surface area contributed by atoms with Gasteiger partial charge in [0, 0.05) is 4.47 Å². The van der Waals surface area contributed by atoms with E-state index in [2.05, 4.69) is 33.2 Å². The topological polar surface area (TPSA) is 55.2 Å². The number of aromatic nitrogens is 2. The Balaban J connectivity index is 1.49. The van der Waals surface area contributed by atoms with Crippen LogP contribution in [0.25, 0.3) is 0 Å². The first-order valence-corrected chi connectivity index (χ1v) is 10.1. The van der Waals surface area contributed by atoms with E-state index < -0.39 is 0 Å². The van der Waals surface area contributed by atoms with Crippen LogP contribution in [0.1, 0.15) is 23.4 Å². The van der Waals surface area contributed by atoms with E-state index in [1.54, 1.807) is 0 Å². The number of hydrogen-bond acceptors (Lipinski definition) is 3. The highest BCUT2D eigenvalue weighted by atomic mass is 79.9. The maximum absolute atomic E-state index is 13.1. The zero-order chi connectivity index (χ0) is 18.9. The van der Waals surface area contributed by atoms with E-state index >= 15 is 0 Å². The number of fused-ring (bicyclic) bond motifs is 5. The molecule has 1 aromatic heterocycles. The molecule has 2 amide bonds. The van der Waals surface area contributed by atoms with E-state index in [9.17, 15) is 9.59 Å². The molecule has 2 aromatic rings. The summed E-state index contributed by atoms with van der Waals surface area (Å²) in [6, 6.07) is 8.08. The summed E-state index contributed by atoms with van der Waals surface area (Å²) in [6.45, 7) is 4.42. The van der Waals surface area contributed by atoms with E-state index in [-0.39, 0.29) is 35.5 Å². The van der Waals surface area contributed by atoms with Crippen molar-refractivity contribution in [3.63, 3.8) is 0 Å². The number of carbonyl (C=O) groups excluding carboxylic acids is 2. The second-order valence-electron chi connectivity index (χ2n) is 7.82. The SMILES string of the molecule is Cc1nn(Cc2ccc(Br)cc2)c(C)c1N1C(=O)[C@@H]2[C@H](C1=O)[C@H]1C=C[C@H]2C1. The number of hydrogen-bond donors (Lipinski definition) is 0. The van der Waals surface area contributed by atoms with Crippen molar-refractivity contribution >= 4 is 33.4 Å². The fraction of sp³-hybridized carbons (Fsp3) is 0.381. The molecule has 0 unspecified atom stereocenters. The Bertz CT molecular complexity index is 962. The first-order chi connectivity index (χ1) is 13.0. The van der Waals surface area contributed by atoms with Crippen LogP contribution in [0, 0.1) is 37.5 Å². The van der Waals surface area contributed by atoms with Gasteiger partial charge < -0.3 is 0 Å². The molecule has 0 N–H and O–H groups in total. The Labute approximate surface area is 166 Å². The van der Waals surface area contributed by atoms with E-state index in [4.69, 9.17) is 0 Å². The molecular formula is C21H20BrN3O2. The van der Waals surface area contributed by atoms with Crippen molar-refractivity contribution in [1.29, 1.82) is 0 Å². The molecule has 5 rings (SSSR count). The number of rotatable bonds is 3. The van der Waals surface area contributed by atoms with Gasteiger partial charge in [-0.25, -0.2) is 4.90 Å². The average molecular weight is 426 g/mol. The molecule has 2 bridgehead atoms. The number of nitrogens with zero attached hydrogens (tertiary/aromatic N) is 3. The highest BCUT2D eigenvalue weighted by Gasteiger charge is 2.60. The van der Waals surface area contributed by atoms with Gasteiger partial charge >= 0.3 is 0 Å². The third-order valence-electron chi connectivity index (χ3n) is 6.28. The molecular weight excluding hydrogens is 406 g/mol. The number of imide groups is 1. The number of halogens is 1. The zero-order valence-electron chi connectivity index (χ0n) is 15.2. The lowest BCUT2D eigenvalue weighted by atomic mass is 9.85. The first kappa shape index (κ1) is 16.9. The van der Waals surface area contributed by atoms with Crippen LogP contribution < -0.4 is 4.90 Å². The predicted octanol–water partition coefficient (Wildman–Crippen LogP) is 3.62. The predicted molar refractivity (Wildman–Crippen MR) is 105 cm³/mol. The minimum absolute atomic E-state index is 0.0451. The maximum atomic E-state index is 13.1. The second-order valence-corrected chi connectivity index (χ2v) is 8.73. The molecule has 2 heterocycles. The Morgan fingerprint density at radius 2 is 1.63 bits per heavy atom. The fourth-order valence-electron chi connectivity index (χ4n) is 5.05. The van der Waals surface area contributed by atoms with Crippen LogP contribution in [0.3, 0.4) is 0 Å². The molecule has 0 spiro atoms. The molecule has 1 aromatic carbocycles. The lowest BCUT2D eigenvalue weighted by Crippen LogP contribution is -2.33. The van der Waals surface area contributed by atoms with E-state index in [0.717, 1.165) is 27.8 Å². The normalized spacial score (nSPS) is 28.5. The van der Waals surface area contributed by atoms with Crippen LogP contribution in [0.4, 0.5) is 5.69 Å². The first-order valence-electron chi connectivity index (χ1n) is 9.30. The lowest BCUT2D eigenvalue weighted by Gasteiger charge is -2.18. The summed E-state index contributed by atoms with van der Waals surface area (Å²) < 4.78 is 2.92. The zero-order valence-corrected chi connectivity index (χ0v) is 16.8. The van der Waals surface area contributed by atoms with Gasteiger partial charge in [0.05, 0.1) is 35.5 Å². The van der Waals surface area contributed by atoms with Crippen molar-refractivity contribution in [3.8, 4) is 0 Å². The highest BCUT2D eigenvalue weighted by molar-refractivity contribution is 9.10. The Morgan fingerprint density at radius 1 is 1.04 bits per heavy atom. The molecule has 5 nitrogen and oxygen atoms in total. The molecule has 4 atom stereocenters. The molecule has 2 fully saturated rings. The van der Waals surface area contributed by atoms with Gasteiger partial charge in [0.25, 0.3) is 0 Å². The molecule has 27 heavy (non-hydrogen) atoms. The third-order valence-corrected chi connectivity index (χ3v) is 6.81. The molecule has 1 saturated heterocycles. The van der Waals surface area contributed by atoms with Gasteiger partial charge in [0.1, 0.15) is 0 Å². The Kier molecular flexibility index (Phi) is 3.69. The number of aryl methyl sites for hydroxylation is 1. The minimum Gasteiger partial charge on any atom is -0.274 e. The van der Waals surface area contributed by atoms with Gasteiger partial charge in [-0.2, -0.15) is 5.10 Å². The molecule has 2 aliphatic carbocycles. The standard InChI is InChI=1S/C21H20BrN3O2/c1-11-19(12(2)24(23-11)10-13-3-7-16(22)8-4-13)25-20(26)17-14-5-6-15(9-14)18(17)21(25)27/h3-8,14-15,17-18H,9-10H2,1-2H3/t14-,15-,17-,18+/m0/s1. The number of allylic oxidation sites excluding steroid dienone is 2. The highest BCUT2D eigenvalue weighted by Crippen LogP contribution is 2.53.